The molecule has 0 spiro atoms. The quantitative estimate of drug-likeness (QED) is 0.683. The van der Waals surface area contributed by atoms with Gasteiger partial charge in [-0.1, -0.05) is 67.2 Å². The highest BCUT2D eigenvalue weighted by molar-refractivity contribution is 8.10. The Labute approximate surface area is 131 Å². The molecule has 0 aliphatic carbocycles. The molecule has 0 heterocycles. The molecular weight excluding hydrogens is 284 g/mol. The van der Waals surface area contributed by atoms with Crippen molar-refractivity contribution in [2.24, 2.45) is 0 Å². The maximum absolute atomic E-state index is 5.60. The second-order valence-electron chi connectivity index (χ2n) is 4.67. The van der Waals surface area contributed by atoms with E-state index >= 15 is 0 Å². The second-order valence-corrected chi connectivity index (χ2v) is 6.81. The molecule has 2 atom stereocenters. The van der Waals surface area contributed by atoms with Gasteiger partial charge in [-0.2, -0.15) is 0 Å². The van der Waals surface area contributed by atoms with Gasteiger partial charge in [-0.3, -0.25) is 0 Å². The van der Waals surface area contributed by atoms with Gasteiger partial charge in [-0.15, -0.1) is 11.8 Å². The molecule has 0 fully saturated rings. The lowest BCUT2D eigenvalue weighted by Gasteiger charge is -2.19. The normalized spacial score (nSPS) is 13.9. The molecule has 2 rings (SSSR count). The fraction of sp³-hybridized carbons (Fsp3) is 0.294. The summed E-state index contributed by atoms with van der Waals surface area (Å²) in [5.41, 5.74) is 3.79. The van der Waals surface area contributed by atoms with Crippen molar-refractivity contribution in [3.8, 4) is 0 Å². The first-order valence-corrected chi connectivity index (χ1v) is 8.05. The van der Waals surface area contributed by atoms with E-state index in [4.69, 9.17) is 17.4 Å². The molecule has 0 saturated heterocycles. The SMILES string of the molecule is COC(SC([S])Cc1ccccc1C)c1ccccc1. The summed E-state index contributed by atoms with van der Waals surface area (Å²) >= 11 is 7.30. The Hall–Kier alpha value is -0.900. The second kappa shape index (κ2) is 7.77. The molecule has 2 unspecified atom stereocenters. The van der Waals surface area contributed by atoms with Gasteiger partial charge in [0.05, 0.1) is 4.58 Å². The Morgan fingerprint density at radius 2 is 1.70 bits per heavy atom. The van der Waals surface area contributed by atoms with Gasteiger partial charge in [0.2, 0.25) is 0 Å². The summed E-state index contributed by atoms with van der Waals surface area (Å²) in [7, 11) is 1.74. The molecule has 2 aromatic rings. The smallest absolute Gasteiger partial charge is 0.129 e. The predicted octanol–water partition coefficient (Wildman–Crippen LogP) is 5.14. The van der Waals surface area contributed by atoms with Crippen LogP contribution in [-0.4, -0.2) is 11.7 Å². The largest absolute Gasteiger partial charge is 0.366 e. The molecule has 2 aromatic carbocycles. The van der Waals surface area contributed by atoms with Crippen LogP contribution in [-0.2, 0) is 11.2 Å². The van der Waals surface area contributed by atoms with Crippen LogP contribution in [0, 0.1) is 6.92 Å². The van der Waals surface area contributed by atoms with Crippen molar-refractivity contribution in [3.05, 3.63) is 71.3 Å². The van der Waals surface area contributed by atoms with Gasteiger partial charge in [0.15, 0.2) is 0 Å². The van der Waals surface area contributed by atoms with Crippen molar-refractivity contribution in [2.75, 3.05) is 7.11 Å². The Morgan fingerprint density at radius 3 is 2.35 bits per heavy atom. The predicted molar refractivity (Wildman–Crippen MR) is 90.0 cm³/mol. The maximum Gasteiger partial charge on any atom is 0.129 e. The summed E-state index contributed by atoms with van der Waals surface area (Å²) in [6.07, 6.45) is 0.888. The van der Waals surface area contributed by atoms with Crippen molar-refractivity contribution in [1.29, 1.82) is 0 Å². The summed E-state index contributed by atoms with van der Waals surface area (Å²) in [5.74, 6) is 0. The molecule has 0 N–H and O–H groups in total. The molecule has 0 aliphatic rings. The van der Waals surface area contributed by atoms with E-state index in [1.807, 2.05) is 18.2 Å². The van der Waals surface area contributed by atoms with Gasteiger partial charge in [-0.25, -0.2) is 0 Å². The van der Waals surface area contributed by atoms with E-state index in [0.29, 0.717) is 0 Å². The molecule has 0 aromatic heterocycles. The number of benzene rings is 2. The third-order valence-electron chi connectivity index (χ3n) is 3.21. The van der Waals surface area contributed by atoms with Crippen LogP contribution in [0.15, 0.2) is 54.6 Å². The van der Waals surface area contributed by atoms with Crippen molar-refractivity contribution < 1.29 is 4.74 Å². The summed E-state index contributed by atoms with van der Waals surface area (Å²) in [4.78, 5) is 0. The maximum atomic E-state index is 5.60. The van der Waals surface area contributed by atoms with Gasteiger partial charge in [0.25, 0.3) is 0 Å². The fourth-order valence-corrected chi connectivity index (χ4v) is 3.54. The van der Waals surface area contributed by atoms with Crippen LogP contribution >= 0.6 is 24.4 Å². The average Bonchev–Trinajstić information content (AvgIpc) is 2.48. The minimum atomic E-state index is 0.00252. The number of methoxy groups -OCH3 is 1. The van der Waals surface area contributed by atoms with Crippen LogP contribution < -0.4 is 0 Å². The number of ether oxygens (including phenoxy) is 1. The number of hydrogen-bond acceptors (Lipinski definition) is 2. The molecule has 0 amide bonds. The van der Waals surface area contributed by atoms with E-state index in [2.05, 4.69) is 43.3 Å². The highest BCUT2D eigenvalue weighted by Crippen LogP contribution is 2.35. The summed E-state index contributed by atoms with van der Waals surface area (Å²) < 4.78 is 5.67. The average molecular weight is 303 g/mol. The van der Waals surface area contributed by atoms with E-state index < -0.39 is 0 Å². The minimum Gasteiger partial charge on any atom is -0.366 e. The van der Waals surface area contributed by atoms with E-state index in [9.17, 15) is 0 Å². The lowest BCUT2D eigenvalue weighted by Crippen LogP contribution is -2.06. The Morgan fingerprint density at radius 1 is 1.05 bits per heavy atom. The third kappa shape index (κ3) is 4.30. The molecule has 105 valence electrons. The van der Waals surface area contributed by atoms with Gasteiger partial charge in [0.1, 0.15) is 5.44 Å². The molecule has 3 heteroatoms. The molecule has 0 saturated carbocycles. The lowest BCUT2D eigenvalue weighted by atomic mass is 10.1. The first-order valence-electron chi connectivity index (χ1n) is 6.64. The van der Waals surface area contributed by atoms with Crippen LogP contribution in [0.2, 0.25) is 0 Å². The van der Waals surface area contributed by atoms with E-state index in [1.165, 1.54) is 16.7 Å². The van der Waals surface area contributed by atoms with Crippen LogP contribution in [0.1, 0.15) is 22.1 Å². The minimum absolute atomic E-state index is 0.00252. The van der Waals surface area contributed by atoms with Crippen molar-refractivity contribution in [2.45, 2.75) is 23.4 Å². The van der Waals surface area contributed by atoms with Gasteiger partial charge in [-0.05, 0) is 30.0 Å². The molecule has 1 nitrogen and oxygen atoms in total. The highest BCUT2D eigenvalue weighted by Gasteiger charge is 2.17. The van der Waals surface area contributed by atoms with Crippen molar-refractivity contribution in [3.63, 3.8) is 0 Å². The van der Waals surface area contributed by atoms with Crippen molar-refractivity contribution in [1.82, 2.24) is 0 Å². The first-order chi connectivity index (χ1) is 9.70. The molecule has 0 aliphatic heterocycles. The Bertz CT molecular complexity index is 528. The molecule has 1 radical (unpaired) electrons. The van der Waals surface area contributed by atoms with E-state index in [0.717, 1.165) is 6.42 Å². The zero-order valence-electron chi connectivity index (χ0n) is 11.8. The topological polar surface area (TPSA) is 9.23 Å². The molecule has 0 bridgehead atoms. The zero-order chi connectivity index (χ0) is 14.4. The van der Waals surface area contributed by atoms with Crippen LogP contribution in [0.25, 0.3) is 0 Å². The number of thioether (sulfide) groups is 1. The van der Waals surface area contributed by atoms with Gasteiger partial charge < -0.3 is 4.74 Å². The van der Waals surface area contributed by atoms with Crippen LogP contribution in [0.5, 0.6) is 0 Å². The van der Waals surface area contributed by atoms with Gasteiger partial charge in [0, 0.05) is 7.11 Å². The summed E-state index contributed by atoms with van der Waals surface area (Å²) in [6, 6.07) is 18.6. The number of rotatable bonds is 6. The summed E-state index contributed by atoms with van der Waals surface area (Å²) in [6.45, 7) is 2.13. The zero-order valence-corrected chi connectivity index (χ0v) is 13.4. The van der Waals surface area contributed by atoms with E-state index in [-0.39, 0.29) is 10.0 Å². The number of aryl methyl sites for hydroxylation is 1. The monoisotopic (exact) mass is 303 g/mol. The van der Waals surface area contributed by atoms with Crippen molar-refractivity contribution >= 4 is 24.4 Å². The molecule has 20 heavy (non-hydrogen) atoms. The Balaban J connectivity index is 2.00. The fourth-order valence-electron chi connectivity index (χ4n) is 2.09. The summed E-state index contributed by atoms with van der Waals surface area (Å²) in [5, 5.41) is 0. The Kier molecular flexibility index (Phi) is 6.02. The van der Waals surface area contributed by atoms with Gasteiger partial charge >= 0.3 is 0 Å². The third-order valence-corrected chi connectivity index (χ3v) is 4.89. The van der Waals surface area contributed by atoms with Crippen LogP contribution in [0.4, 0.5) is 0 Å². The number of hydrogen-bond donors (Lipinski definition) is 0. The first kappa shape index (κ1) is 15.5. The van der Waals surface area contributed by atoms with Crippen LogP contribution in [0.3, 0.4) is 0 Å². The standard InChI is InChI=1S/C17H19OS2/c1-13-8-6-7-11-15(13)12-16(19)20-17(18-2)14-9-4-3-5-10-14/h3-11,16-17H,12H2,1-2H3. The molecular formula is C17H19OS2. The highest BCUT2D eigenvalue weighted by atomic mass is 32.2. The lowest BCUT2D eigenvalue weighted by molar-refractivity contribution is 0.175. The van der Waals surface area contributed by atoms with E-state index in [1.54, 1.807) is 18.9 Å².